The molecule has 32 heavy (non-hydrogen) atoms. The van der Waals surface area contributed by atoms with Gasteiger partial charge in [0.05, 0.1) is 28.0 Å². The number of carbonyl (C=O) groups is 1. The van der Waals surface area contributed by atoms with Crippen LogP contribution in [0.5, 0.6) is 10.9 Å². The van der Waals surface area contributed by atoms with Gasteiger partial charge in [-0.25, -0.2) is 13.4 Å². The first-order valence-corrected chi connectivity index (χ1v) is 13.1. The number of fused-ring (bicyclic) bond motifs is 1. The summed E-state index contributed by atoms with van der Waals surface area (Å²) in [6, 6.07) is 14.2. The predicted octanol–water partition coefficient (Wildman–Crippen LogP) is 3.93. The van der Waals surface area contributed by atoms with E-state index in [1.165, 1.54) is 30.6 Å². The van der Waals surface area contributed by atoms with Gasteiger partial charge in [0.15, 0.2) is 9.84 Å². The molecule has 0 radical (unpaired) electrons. The van der Waals surface area contributed by atoms with E-state index >= 15 is 0 Å². The Labute approximate surface area is 191 Å². The zero-order chi connectivity index (χ0) is 22.6. The van der Waals surface area contributed by atoms with Gasteiger partial charge in [0, 0.05) is 32.4 Å². The summed E-state index contributed by atoms with van der Waals surface area (Å²) in [7, 11) is -1.89. The smallest absolute Gasteiger partial charge is 0.274 e. The number of rotatable bonds is 8. The summed E-state index contributed by atoms with van der Waals surface area (Å²) in [5, 5.41) is 0.666. The first-order valence-electron chi connectivity index (χ1n) is 10.6. The zero-order valence-corrected chi connectivity index (χ0v) is 19.5. The van der Waals surface area contributed by atoms with Crippen LogP contribution >= 0.6 is 11.3 Å². The van der Waals surface area contributed by atoms with Gasteiger partial charge in [-0.05, 0) is 42.8 Å². The van der Waals surface area contributed by atoms with Crippen LogP contribution in [0.1, 0.15) is 25.7 Å². The third kappa shape index (κ3) is 5.39. The van der Waals surface area contributed by atoms with E-state index in [2.05, 4.69) is 4.98 Å². The molecule has 2 aromatic carbocycles. The molecular weight excluding hydrogens is 448 g/mol. The highest BCUT2D eigenvalue weighted by atomic mass is 32.2. The van der Waals surface area contributed by atoms with Crippen molar-refractivity contribution in [2.45, 2.75) is 36.7 Å². The summed E-state index contributed by atoms with van der Waals surface area (Å²) in [5.41, 5.74) is 0.935. The number of thiazole rings is 1. The van der Waals surface area contributed by atoms with E-state index in [1.807, 2.05) is 24.3 Å². The van der Waals surface area contributed by atoms with Crippen molar-refractivity contribution >= 4 is 37.3 Å². The molecule has 170 valence electrons. The Hall–Kier alpha value is -2.65. The fraction of sp³-hybridized carbons (Fsp3) is 0.391. The maximum Gasteiger partial charge on any atom is 0.274 e. The molecule has 3 aromatic rings. The van der Waals surface area contributed by atoms with Crippen LogP contribution in [0.15, 0.2) is 53.4 Å². The number of hydrogen-bond donors (Lipinski definition) is 0. The Morgan fingerprint density at radius 2 is 1.84 bits per heavy atom. The van der Waals surface area contributed by atoms with Gasteiger partial charge in [-0.2, -0.15) is 0 Å². The van der Waals surface area contributed by atoms with Crippen LogP contribution < -0.4 is 9.47 Å². The highest BCUT2D eigenvalue weighted by Gasteiger charge is 2.25. The molecule has 1 amide bonds. The Kier molecular flexibility index (Phi) is 6.95. The van der Waals surface area contributed by atoms with Crippen molar-refractivity contribution in [2.75, 3.05) is 26.0 Å². The molecule has 0 aliphatic carbocycles. The fourth-order valence-corrected chi connectivity index (χ4v) is 5.93. The largest absolute Gasteiger partial charge is 0.497 e. The maximum absolute atomic E-state index is 12.5. The van der Waals surface area contributed by atoms with Gasteiger partial charge in [0.25, 0.3) is 5.19 Å². The molecule has 0 saturated carbocycles. The minimum absolute atomic E-state index is 0.00614. The van der Waals surface area contributed by atoms with Gasteiger partial charge in [0.2, 0.25) is 5.91 Å². The van der Waals surface area contributed by atoms with E-state index < -0.39 is 9.84 Å². The number of nitrogens with zero attached hydrogens (tertiary/aromatic N) is 2. The molecule has 4 rings (SSSR count). The highest BCUT2D eigenvalue weighted by Crippen LogP contribution is 2.29. The molecule has 0 bridgehead atoms. The van der Waals surface area contributed by atoms with Gasteiger partial charge in [-0.1, -0.05) is 23.5 Å². The maximum atomic E-state index is 12.5. The molecular formula is C23H26N2O5S2. The molecule has 0 N–H and O–H groups in total. The quantitative estimate of drug-likeness (QED) is 0.492. The van der Waals surface area contributed by atoms with Crippen LogP contribution in [0.4, 0.5) is 0 Å². The lowest BCUT2D eigenvalue weighted by molar-refractivity contribution is -0.133. The van der Waals surface area contributed by atoms with Crippen molar-refractivity contribution in [3.63, 3.8) is 0 Å². The van der Waals surface area contributed by atoms with Crippen molar-refractivity contribution in [3.05, 3.63) is 48.5 Å². The molecule has 1 aromatic heterocycles. The lowest BCUT2D eigenvalue weighted by Crippen LogP contribution is -2.41. The van der Waals surface area contributed by atoms with E-state index in [4.69, 9.17) is 9.47 Å². The van der Waals surface area contributed by atoms with Gasteiger partial charge in [0.1, 0.15) is 11.9 Å². The average Bonchev–Trinajstić information content (AvgIpc) is 3.21. The van der Waals surface area contributed by atoms with E-state index in [0.717, 1.165) is 23.1 Å². The highest BCUT2D eigenvalue weighted by molar-refractivity contribution is 7.91. The van der Waals surface area contributed by atoms with Crippen LogP contribution in [-0.2, 0) is 14.6 Å². The summed E-state index contributed by atoms with van der Waals surface area (Å²) in [4.78, 5) is 19.1. The lowest BCUT2D eigenvalue weighted by atomic mass is 10.1. The van der Waals surface area contributed by atoms with Crippen LogP contribution in [0.25, 0.3) is 10.2 Å². The number of piperidine rings is 1. The third-order valence-corrected chi connectivity index (χ3v) is 8.30. The summed E-state index contributed by atoms with van der Waals surface area (Å²) < 4.78 is 37.2. The van der Waals surface area contributed by atoms with Gasteiger partial charge >= 0.3 is 0 Å². The number of ether oxygens (including phenoxy) is 2. The minimum Gasteiger partial charge on any atom is -0.497 e. The SMILES string of the molecule is COc1ccc(S(=O)(=O)CCCC(=O)N2CCC(Oc3nc4ccccc4s3)CC2)cc1. The zero-order valence-electron chi connectivity index (χ0n) is 17.9. The Bertz CT molecular complexity index is 1130. The molecule has 1 saturated heterocycles. The second kappa shape index (κ2) is 9.87. The number of aromatic nitrogens is 1. The summed E-state index contributed by atoms with van der Waals surface area (Å²) in [6.07, 6.45) is 2.04. The molecule has 7 nitrogen and oxygen atoms in total. The van der Waals surface area contributed by atoms with Gasteiger partial charge in [-0.15, -0.1) is 0 Å². The number of likely N-dealkylation sites (tertiary alicyclic amines) is 1. The van der Waals surface area contributed by atoms with Crippen LogP contribution in [0.3, 0.4) is 0 Å². The number of para-hydroxylation sites is 1. The third-order valence-electron chi connectivity index (χ3n) is 5.56. The number of hydrogen-bond acceptors (Lipinski definition) is 7. The van der Waals surface area contributed by atoms with E-state index in [0.29, 0.717) is 30.5 Å². The topological polar surface area (TPSA) is 85.8 Å². The minimum atomic E-state index is -3.42. The van der Waals surface area contributed by atoms with Crippen LogP contribution in [0, 0.1) is 0 Å². The van der Waals surface area contributed by atoms with Gasteiger partial charge < -0.3 is 14.4 Å². The summed E-state index contributed by atoms with van der Waals surface area (Å²) in [6.45, 7) is 1.22. The first kappa shape index (κ1) is 22.5. The van der Waals surface area contributed by atoms with Crippen molar-refractivity contribution in [1.82, 2.24) is 9.88 Å². The molecule has 1 aliphatic rings. The molecule has 0 unspecified atom stereocenters. The molecule has 1 fully saturated rings. The van der Waals surface area contributed by atoms with E-state index in [-0.39, 0.29) is 29.1 Å². The molecule has 0 spiro atoms. The lowest BCUT2D eigenvalue weighted by Gasteiger charge is -2.31. The van der Waals surface area contributed by atoms with E-state index in [9.17, 15) is 13.2 Å². The summed E-state index contributed by atoms with van der Waals surface area (Å²) in [5.74, 6) is 0.547. The van der Waals surface area contributed by atoms with Crippen molar-refractivity contribution in [2.24, 2.45) is 0 Å². The molecule has 0 atom stereocenters. The fourth-order valence-electron chi connectivity index (χ4n) is 3.74. The number of benzene rings is 2. The number of sulfone groups is 1. The Morgan fingerprint density at radius 3 is 2.53 bits per heavy atom. The van der Waals surface area contributed by atoms with Crippen LogP contribution in [0.2, 0.25) is 0 Å². The van der Waals surface area contributed by atoms with Crippen molar-refractivity contribution < 1.29 is 22.7 Å². The normalized spacial score (nSPS) is 15.1. The number of amides is 1. The van der Waals surface area contributed by atoms with E-state index in [1.54, 1.807) is 17.0 Å². The van der Waals surface area contributed by atoms with Gasteiger partial charge in [-0.3, -0.25) is 4.79 Å². The molecule has 1 aliphatic heterocycles. The molecule has 9 heteroatoms. The Morgan fingerprint density at radius 1 is 1.12 bits per heavy atom. The second-order valence-electron chi connectivity index (χ2n) is 7.74. The monoisotopic (exact) mass is 474 g/mol. The predicted molar refractivity (Wildman–Crippen MR) is 124 cm³/mol. The standard InChI is InChI=1S/C23H26N2O5S2/c1-29-17-8-10-19(11-9-17)32(27,28)16-4-7-22(26)25-14-12-18(13-15-25)30-23-24-20-5-2-3-6-21(20)31-23/h2-3,5-6,8-11,18H,4,7,12-16H2,1H3. The second-order valence-corrected chi connectivity index (χ2v) is 10.8. The van der Waals surface area contributed by atoms with Crippen molar-refractivity contribution in [3.8, 4) is 10.9 Å². The number of carbonyl (C=O) groups excluding carboxylic acids is 1. The summed E-state index contributed by atoms with van der Waals surface area (Å²) >= 11 is 1.53. The van der Waals surface area contributed by atoms with Crippen molar-refractivity contribution in [1.29, 1.82) is 0 Å². The first-order chi connectivity index (χ1) is 15.4. The molecule has 2 heterocycles. The van der Waals surface area contributed by atoms with Crippen LogP contribution in [-0.4, -0.2) is 56.3 Å². The number of methoxy groups -OCH3 is 1. The average molecular weight is 475 g/mol. The Balaban J connectivity index is 1.22.